The lowest BCUT2D eigenvalue weighted by Crippen LogP contribution is -2.59. The summed E-state index contributed by atoms with van der Waals surface area (Å²) >= 11 is 0. The Morgan fingerprint density at radius 3 is 2.18 bits per heavy atom. The average molecular weight is 385 g/mol. The molecule has 0 aliphatic carbocycles. The largest absolute Gasteiger partial charge is 0.444 e. The maximum atomic E-state index is 12.6. The van der Waals surface area contributed by atoms with Gasteiger partial charge in [0.05, 0.1) is 23.3 Å². The van der Waals surface area contributed by atoms with Crippen molar-refractivity contribution in [1.82, 2.24) is 14.9 Å². The summed E-state index contributed by atoms with van der Waals surface area (Å²) in [5.74, 6) is -0.534. The van der Waals surface area contributed by atoms with Crippen molar-refractivity contribution in [2.75, 3.05) is 18.0 Å². The summed E-state index contributed by atoms with van der Waals surface area (Å²) < 4.78 is 5.57. The number of carbonyl (C=O) groups is 2. The van der Waals surface area contributed by atoms with Crippen LogP contribution in [0.5, 0.6) is 0 Å². The predicted molar refractivity (Wildman–Crippen MR) is 107 cm³/mol. The zero-order chi connectivity index (χ0) is 20.6. The number of benzene rings is 1. The van der Waals surface area contributed by atoms with E-state index in [4.69, 9.17) is 10.5 Å². The van der Waals surface area contributed by atoms with Crippen LogP contribution in [0, 0.1) is 0 Å². The molecule has 1 aromatic heterocycles. The number of hydrogen-bond donors (Lipinski definition) is 1. The molecule has 1 aliphatic rings. The standard InChI is InChI=1S/C20H27N5O3/c1-12-10-24(11-13(2)25(12)19(27)28-20(3,4)5)15-7-6-14(18(21)26)16-17(15)23-9-8-22-16/h6-9,12-13H,10-11H2,1-5H3,(H2,21,26)/t12-,13+. The second-order valence-electron chi connectivity index (χ2n) is 8.24. The normalized spacial score (nSPS) is 20.3. The number of fused-ring (bicyclic) bond motifs is 1. The number of anilines is 1. The van der Waals surface area contributed by atoms with E-state index in [1.165, 1.54) is 0 Å². The number of amides is 2. The van der Waals surface area contributed by atoms with E-state index in [9.17, 15) is 9.59 Å². The van der Waals surface area contributed by atoms with Crippen molar-refractivity contribution >= 4 is 28.7 Å². The molecule has 0 saturated carbocycles. The molecule has 1 saturated heterocycles. The van der Waals surface area contributed by atoms with E-state index >= 15 is 0 Å². The number of carbonyl (C=O) groups excluding carboxylic acids is 2. The van der Waals surface area contributed by atoms with Gasteiger partial charge in [-0.25, -0.2) is 4.79 Å². The molecule has 1 aromatic carbocycles. The fraction of sp³-hybridized carbons (Fsp3) is 0.500. The first-order chi connectivity index (χ1) is 13.1. The van der Waals surface area contributed by atoms with Crippen LogP contribution < -0.4 is 10.6 Å². The van der Waals surface area contributed by atoms with E-state index in [0.717, 1.165) is 5.69 Å². The Morgan fingerprint density at radius 1 is 1.07 bits per heavy atom. The summed E-state index contributed by atoms with van der Waals surface area (Å²) in [5.41, 5.74) is 7.27. The van der Waals surface area contributed by atoms with Crippen molar-refractivity contribution in [2.24, 2.45) is 5.73 Å². The van der Waals surface area contributed by atoms with Gasteiger partial charge in [0.25, 0.3) is 5.91 Å². The van der Waals surface area contributed by atoms with Crippen LogP contribution in [0.2, 0.25) is 0 Å². The van der Waals surface area contributed by atoms with Crippen LogP contribution in [0.15, 0.2) is 24.5 Å². The van der Waals surface area contributed by atoms with Gasteiger partial charge < -0.3 is 15.4 Å². The SMILES string of the molecule is C[C@@H]1CN(c2ccc(C(N)=O)c3nccnc23)C[C@H](C)N1C(=O)OC(C)(C)C. The molecule has 0 unspecified atom stereocenters. The van der Waals surface area contributed by atoms with Gasteiger partial charge in [-0.3, -0.25) is 19.7 Å². The lowest BCUT2D eigenvalue weighted by Gasteiger charge is -2.45. The smallest absolute Gasteiger partial charge is 0.410 e. The molecular weight excluding hydrogens is 358 g/mol. The molecule has 1 fully saturated rings. The zero-order valence-electron chi connectivity index (χ0n) is 17.0. The van der Waals surface area contributed by atoms with Gasteiger partial charge in [-0.15, -0.1) is 0 Å². The summed E-state index contributed by atoms with van der Waals surface area (Å²) in [4.78, 5) is 37.0. The first-order valence-corrected chi connectivity index (χ1v) is 9.38. The Kier molecular flexibility index (Phi) is 5.14. The fourth-order valence-corrected chi connectivity index (χ4v) is 3.69. The van der Waals surface area contributed by atoms with Gasteiger partial charge in [-0.05, 0) is 46.8 Å². The molecular formula is C20H27N5O3. The van der Waals surface area contributed by atoms with Crippen LogP contribution in [0.4, 0.5) is 10.5 Å². The summed E-state index contributed by atoms with van der Waals surface area (Å²) in [6, 6.07) is 3.42. The van der Waals surface area contributed by atoms with Gasteiger partial charge in [0.2, 0.25) is 0 Å². The van der Waals surface area contributed by atoms with Crippen molar-refractivity contribution in [3.05, 3.63) is 30.1 Å². The number of ether oxygens (including phenoxy) is 1. The maximum Gasteiger partial charge on any atom is 0.410 e. The predicted octanol–water partition coefficient (Wildman–Crippen LogP) is 2.56. The highest BCUT2D eigenvalue weighted by molar-refractivity contribution is 6.06. The number of primary amides is 1. The van der Waals surface area contributed by atoms with Crippen LogP contribution in [0.3, 0.4) is 0 Å². The Bertz CT molecular complexity index is 896. The lowest BCUT2D eigenvalue weighted by molar-refractivity contribution is 0.00567. The third-order valence-electron chi connectivity index (χ3n) is 4.73. The van der Waals surface area contributed by atoms with Crippen LogP contribution in [-0.2, 0) is 4.74 Å². The van der Waals surface area contributed by atoms with Crippen molar-refractivity contribution in [2.45, 2.75) is 52.3 Å². The first-order valence-electron chi connectivity index (χ1n) is 9.38. The fourth-order valence-electron chi connectivity index (χ4n) is 3.69. The van der Waals surface area contributed by atoms with Gasteiger partial charge in [-0.1, -0.05) is 0 Å². The van der Waals surface area contributed by atoms with E-state index in [1.807, 2.05) is 40.7 Å². The van der Waals surface area contributed by atoms with Crippen molar-refractivity contribution < 1.29 is 14.3 Å². The minimum atomic E-state index is -0.538. The van der Waals surface area contributed by atoms with E-state index in [1.54, 1.807) is 23.4 Å². The van der Waals surface area contributed by atoms with Crippen LogP contribution in [0.1, 0.15) is 45.0 Å². The van der Waals surface area contributed by atoms with Gasteiger partial charge in [0, 0.05) is 25.5 Å². The zero-order valence-corrected chi connectivity index (χ0v) is 17.0. The molecule has 28 heavy (non-hydrogen) atoms. The van der Waals surface area contributed by atoms with E-state index in [0.29, 0.717) is 29.7 Å². The summed E-state index contributed by atoms with van der Waals surface area (Å²) in [6.07, 6.45) is 2.84. The molecule has 0 bridgehead atoms. The third kappa shape index (κ3) is 3.85. The van der Waals surface area contributed by atoms with Crippen molar-refractivity contribution in [3.63, 3.8) is 0 Å². The molecule has 2 heterocycles. The Balaban J connectivity index is 1.91. The van der Waals surface area contributed by atoms with Crippen LogP contribution in [-0.4, -0.2) is 57.6 Å². The summed E-state index contributed by atoms with van der Waals surface area (Å²) in [7, 11) is 0. The highest BCUT2D eigenvalue weighted by Crippen LogP contribution is 2.30. The van der Waals surface area contributed by atoms with Gasteiger partial charge in [-0.2, -0.15) is 0 Å². The lowest BCUT2D eigenvalue weighted by atomic mass is 10.1. The molecule has 150 valence electrons. The van der Waals surface area contributed by atoms with Crippen LogP contribution >= 0.6 is 0 Å². The second-order valence-corrected chi connectivity index (χ2v) is 8.24. The monoisotopic (exact) mass is 385 g/mol. The number of hydrogen-bond acceptors (Lipinski definition) is 6. The van der Waals surface area contributed by atoms with Crippen LogP contribution in [0.25, 0.3) is 11.0 Å². The van der Waals surface area contributed by atoms with Crippen molar-refractivity contribution in [1.29, 1.82) is 0 Å². The summed E-state index contributed by atoms with van der Waals surface area (Å²) in [6.45, 7) is 10.8. The highest BCUT2D eigenvalue weighted by Gasteiger charge is 2.36. The van der Waals surface area contributed by atoms with Crippen molar-refractivity contribution in [3.8, 4) is 0 Å². The van der Waals surface area contributed by atoms with Gasteiger partial charge in [0.1, 0.15) is 16.6 Å². The minimum Gasteiger partial charge on any atom is -0.444 e. The van der Waals surface area contributed by atoms with Gasteiger partial charge in [0.15, 0.2) is 0 Å². The molecule has 2 atom stereocenters. The number of aromatic nitrogens is 2. The molecule has 8 heteroatoms. The average Bonchev–Trinajstić information content (AvgIpc) is 2.58. The first kappa shape index (κ1) is 19.9. The minimum absolute atomic E-state index is 0.0545. The molecule has 1 aliphatic heterocycles. The number of piperazine rings is 1. The van der Waals surface area contributed by atoms with E-state index in [2.05, 4.69) is 14.9 Å². The number of rotatable bonds is 2. The Labute approximate surface area is 164 Å². The Morgan fingerprint density at radius 2 is 1.64 bits per heavy atom. The quantitative estimate of drug-likeness (QED) is 0.852. The highest BCUT2D eigenvalue weighted by atomic mass is 16.6. The number of nitrogens with zero attached hydrogens (tertiary/aromatic N) is 4. The molecule has 2 amide bonds. The second kappa shape index (κ2) is 7.26. The third-order valence-corrected chi connectivity index (χ3v) is 4.73. The molecule has 0 radical (unpaired) electrons. The van der Waals surface area contributed by atoms with Gasteiger partial charge >= 0.3 is 6.09 Å². The topological polar surface area (TPSA) is 102 Å². The number of nitrogens with two attached hydrogens (primary N) is 1. The maximum absolute atomic E-state index is 12.6. The van der Waals surface area contributed by atoms with E-state index < -0.39 is 11.5 Å². The molecule has 3 rings (SSSR count). The summed E-state index contributed by atoms with van der Waals surface area (Å²) in [5, 5.41) is 0. The van der Waals surface area contributed by atoms with E-state index in [-0.39, 0.29) is 18.2 Å². The molecule has 2 N–H and O–H groups in total. The molecule has 8 nitrogen and oxygen atoms in total. The Hall–Kier alpha value is -2.90. The molecule has 2 aromatic rings. The molecule has 0 spiro atoms.